The maximum absolute atomic E-state index is 12.9. The molecule has 4 heteroatoms. The molecule has 0 saturated carbocycles. The zero-order valence-electron chi connectivity index (χ0n) is 13.9. The SMILES string of the molecule is Cc1ccc(-c2n[n+]3c4c(c5c(c3c(=O)[nH]2)CCC5)CCC4)cc1. The summed E-state index contributed by atoms with van der Waals surface area (Å²) in [4.78, 5) is 15.9. The van der Waals surface area contributed by atoms with E-state index >= 15 is 0 Å². The molecule has 120 valence electrons. The fourth-order valence-electron chi connectivity index (χ4n) is 4.36. The Hall–Kier alpha value is -2.49. The van der Waals surface area contributed by atoms with E-state index in [-0.39, 0.29) is 5.56 Å². The number of aryl methyl sites for hydroxylation is 3. The predicted molar refractivity (Wildman–Crippen MR) is 92.2 cm³/mol. The van der Waals surface area contributed by atoms with Gasteiger partial charge in [0.15, 0.2) is 0 Å². The number of aromatic nitrogens is 3. The Morgan fingerprint density at radius 3 is 2.50 bits per heavy atom. The van der Waals surface area contributed by atoms with Crippen LogP contribution in [0.15, 0.2) is 29.1 Å². The van der Waals surface area contributed by atoms with Gasteiger partial charge in [-0.15, -0.1) is 0 Å². The third kappa shape index (κ3) is 1.89. The Morgan fingerprint density at radius 2 is 1.67 bits per heavy atom. The monoisotopic (exact) mass is 318 g/mol. The number of rotatable bonds is 1. The Kier molecular flexibility index (Phi) is 2.90. The Morgan fingerprint density at radius 1 is 0.958 bits per heavy atom. The average molecular weight is 318 g/mol. The van der Waals surface area contributed by atoms with E-state index in [1.54, 1.807) is 0 Å². The highest BCUT2D eigenvalue weighted by Crippen LogP contribution is 2.32. The van der Waals surface area contributed by atoms with Crippen molar-refractivity contribution in [2.24, 2.45) is 0 Å². The van der Waals surface area contributed by atoms with Crippen molar-refractivity contribution in [3.05, 3.63) is 62.6 Å². The van der Waals surface area contributed by atoms with Crippen LogP contribution < -0.4 is 10.1 Å². The minimum atomic E-state index is -0.00609. The van der Waals surface area contributed by atoms with Crippen molar-refractivity contribution in [1.82, 2.24) is 10.1 Å². The molecule has 0 radical (unpaired) electrons. The normalized spacial score (nSPS) is 15.7. The van der Waals surface area contributed by atoms with Crippen molar-refractivity contribution in [2.75, 3.05) is 0 Å². The van der Waals surface area contributed by atoms with Gasteiger partial charge in [0.1, 0.15) is 0 Å². The quantitative estimate of drug-likeness (QED) is 0.701. The van der Waals surface area contributed by atoms with Gasteiger partial charge in [0.2, 0.25) is 11.5 Å². The second-order valence-corrected chi connectivity index (χ2v) is 7.02. The number of aromatic amines is 1. The van der Waals surface area contributed by atoms with Crippen LogP contribution >= 0.6 is 0 Å². The van der Waals surface area contributed by atoms with E-state index in [1.165, 1.54) is 34.4 Å². The number of nitrogens with zero attached hydrogens (tertiary/aromatic N) is 2. The van der Waals surface area contributed by atoms with Crippen LogP contribution in [0.4, 0.5) is 0 Å². The van der Waals surface area contributed by atoms with Crippen LogP contribution in [0.3, 0.4) is 0 Å². The fourth-order valence-corrected chi connectivity index (χ4v) is 4.36. The summed E-state index contributed by atoms with van der Waals surface area (Å²) in [7, 11) is 0. The molecule has 5 rings (SSSR count). The Labute approximate surface area is 140 Å². The molecule has 2 aliphatic carbocycles. The molecule has 1 N–H and O–H groups in total. The van der Waals surface area contributed by atoms with E-state index in [1.807, 2.05) is 16.6 Å². The van der Waals surface area contributed by atoms with Crippen molar-refractivity contribution >= 4 is 5.52 Å². The van der Waals surface area contributed by atoms with Crippen molar-refractivity contribution < 1.29 is 4.52 Å². The molecule has 0 unspecified atom stereocenters. The van der Waals surface area contributed by atoms with Gasteiger partial charge in [0, 0.05) is 28.2 Å². The summed E-state index contributed by atoms with van der Waals surface area (Å²) in [6.45, 7) is 2.06. The summed E-state index contributed by atoms with van der Waals surface area (Å²) < 4.78 is 1.96. The van der Waals surface area contributed by atoms with Crippen LogP contribution in [0.25, 0.3) is 16.9 Å². The first-order valence-corrected chi connectivity index (χ1v) is 8.81. The summed E-state index contributed by atoms with van der Waals surface area (Å²) in [5.74, 6) is 0.657. The topological polar surface area (TPSA) is 49.9 Å². The van der Waals surface area contributed by atoms with E-state index in [4.69, 9.17) is 5.10 Å². The zero-order chi connectivity index (χ0) is 16.3. The van der Waals surface area contributed by atoms with Gasteiger partial charge in [-0.2, -0.15) is 0 Å². The molecule has 1 aromatic carbocycles. The summed E-state index contributed by atoms with van der Waals surface area (Å²) in [5.41, 5.74) is 8.33. The molecule has 2 aromatic heterocycles. The molecule has 0 bridgehead atoms. The first kappa shape index (κ1) is 13.9. The lowest BCUT2D eigenvalue weighted by Crippen LogP contribution is -2.40. The lowest BCUT2D eigenvalue weighted by atomic mass is 10.0. The lowest BCUT2D eigenvalue weighted by Gasteiger charge is -2.06. The molecule has 0 aliphatic heterocycles. The van der Waals surface area contributed by atoms with Crippen LogP contribution in [0, 0.1) is 6.92 Å². The van der Waals surface area contributed by atoms with Gasteiger partial charge in [-0.3, -0.25) is 9.78 Å². The van der Waals surface area contributed by atoms with Crippen molar-refractivity contribution in [3.63, 3.8) is 0 Å². The maximum atomic E-state index is 12.9. The molecule has 4 nitrogen and oxygen atoms in total. The van der Waals surface area contributed by atoms with E-state index in [0.29, 0.717) is 5.82 Å². The third-order valence-corrected chi connectivity index (χ3v) is 5.50. The number of fused-ring (bicyclic) bond motifs is 6. The van der Waals surface area contributed by atoms with E-state index < -0.39 is 0 Å². The highest BCUT2D eigenvalue weighted by molar-refractivity contribution is 5.59. The Bertz CT molecular complexity index is 1030. The second-order valence-electron chi connectivity index (χ2n) is 7.02. The number of benzene rings is 1. The van der Waals surface area contributed by atoms with Crippen LogP contribution in [0.1, 0.15) is 40.8 Å². The van der Waals surface area contributed by atoms with Crippen LogP contribution in [0.5, 0.6) is 0 Å². The standard InChI is InChI=1S/C20H19N3O/c1-12-8-10-13(11-9-12)19-21-20(24)18-16-6-2-4-14(16)15-5-3-7-17(15)23(18)22-19/h8-11H,2-7H2,1H3/p+1. The number of hydrogen-bond donors (Lipinski definition) is 1. The fraction of sp³-hybridized carbons (Fsp3) is 0.350. The molecule has 0 atom stereocenters. The van der Waals surface area contributed by atoms with Crippen molar-refractivity contribution in [1.29, 1.82) is 0 Å². The van der Waals surface area contributed by atoms with Crippen molar-refractivity contribution in [2.45, 2.75) is 45.4 Å². The number of nitrogens with one attached hydrogen (secondary N) is 1. The highest BCUT2D eigenvalue weighted by Gasteiger charge is 2.34. The van der Waals surface area contributed by atoms with Gasteiger partial charge in [-0.25, -0.2) is 0 Å². The van der Waals surface area contributed by atoms with Crippen LogP contribution in [-0.2, 0) is 25.7 Å². The minimum Gasteiger partial charge on any atom is -0.296 e. The van der Waals surface area contributed by atoms with E-state index in [0.717, 1.165) is 43.2 Å². The first-order chi connectivity index (χ1) is 11.7. The van der Waals surface area contributed by atoms with Gasteiger partial charge in [0.25, 0.3) is 0 Å². The molecule has 3 aromatic rings. The van der Waals surface area contributed by atoms with E-state index in [2.05, 4.69) is 24.0 Å². The molecule has 0 fully saturated rings. The third-order valence-electron chi connectivity index (χ3n) is 5.50. The predicted octanol–water partition coefficient (Wildman–Crippen LogP) is 2.46. The zero-order valence-corrected chi connectivity index (χ0v) is 13.9. The number of H-pyrrole nitrogens is 1. The van der Waals surface area contributed by atoms with Crippen LogP contribution in [0.2, 0.25) is 0 Å². The maximum Gasteiger partial charge on any atom is 0.325 e. The molecule has 0 spiro atoms. The minimum absolute atomic E-state index is 0.00609. The second kappa shape index (κ2) is 5.00. The average Bonchev–Trinajstić information content (AvgIpc) is 3.24. The molecular formula is C20H20N3O+. The van der Waals surface area contributed by atoms with Gasteiger partial charge >= 0.3 is 11.1 Å². The number of pyridine rings is 1. The molecule has 0 saturated heterocycles. The highest BCUT2D eigenvalue weighted by atomic mass is 16.1. The largest absolute Gasteiger partial charge is 0.325 e. The Balaban J connectivity index is 1.84. The van der Waals surface area contributed by atoms with Gasteiger partial charge < -0.3 is 0 Å². The summed E-state index contributed by atoms with van der Waals surface area (Å²) in [5, 5.41) is 4.85. The van der Waals surface area contributed by atoms with Gasteiger partial charge in [-0.05, 0) is 49.1 Å². The van der Waals surface area contributed by atoms with Crippen LogP contribution in [-0.4, -0.2) is 10.1 Å². The molecule has 2 aliphatic rings. The lowest BCUT2D eigenvalue weighted by molar-refractivity contribution is -0.589. The molecular weight excluding hydrogens is 298 g/mol. The molecule has 0 amide bonds. The summed E-state index contributed by atoms with van der Waals surface area (Å²) in [6.07, 6.45) is 6.60. The molecule has 24 heavy (non-hydrogen) atoms. The smallest absolute Gasteiger partial charge is 0.296 e. The summed E-state index contributed by atoms with van der Waals surface area (Å²) >= 11 is 0. The number of hydrogen-bond acceptors (Lipinski definition) is 2. The van der Waals surface area contributed by atoms with Gasteiger partial charge in [0.05, 0.1) is 0 Å². The first-order valence-electron chi connectivity index (χ1n) is 8.81. The van der Waals surface area contributed by atoms with Gasteiger partial charge in [-0.1, -0.05) is 29.8 Å². The van der Waals surface area contributed by atoms with Crippen molar-refractivity contribution in [3.8, 4) is 11.4 Å². The summed E-state index contributed by atoms with van der Waals surface area (Å²) in [6, 6.07) is 8.15. The van der Waals surface area contributed by atoms with E-state index in [9.17, 15) is 4.79 Å². The molecule has 2 heterocycles.